The second-order valence-corrected chi connectivity index (χ2v) is 9.02. The van der Waals surface area contributed by atoms with Crippen molar-refractivity contribution in [3.63, 3.8) is 0 Å². The summed E-state index contributed by atoms with van der Waals surface area (Å²) >= 11 is 0. The molecule has 0 atom stereocenters. The summed E-state index contributed by atoms with van der Waals surface area (Å²) in [6.07, 6.45) is 6.94. The number of hydrogen-bond donors (Lipinski definition) is 0. The van der Waals surface area contributed by atoms with Crippen molar-refractivity contribution < 1.29 is 34.6 Å². The van der Waals surface area contributed by atoms with E-state index in [-0.39, 0.29) is 21.1 Å². The third-order valence-electron chi connectivity index (χ3n) is 6.62. The quantitative estimate of drug-likeness (QED) is 0.174. The first-order valence-electron chi connectivity index (χ1n) is 12.3. The van der Waals surface area contributed by atoms with E-state index in [1.54, 1.807) is 36.9 Å². The van der Waals surface area contributed by atoms with E-state index >= 15 is 0 Å². The van der Waals surface area contributed by atoms with Crippen LogP contribution in [0.5, 0.6) is 11.8 Å². The fraction of sp³-hybridized carbons (Fsp3) is 0. The van der Waals surface area contributed by atoms with E-state index < -0.39 is 0 Å². The van der Waals surface area contributed by atoms with Crippen molar-refractivity contribution >= 4 is 43.9 Å². The molecule has 0 aliphatic carbocycles. The number of ether oxygens (including phenoxy) is 1. The average molecular weight is 700 g/mol. The van der Waals surface area contributed by atoms with E-state index in [0.717, 1.165) is 66.4 Å². The van der Waals surface area contributed by atoms with Crippen LogP contribution in [0.15, 0.2) is 106 Å². The van der Waals surface area contributed by atoms with Gasteiger partial charge in [0.25, 0.3) is 0 Å². The van der Waals surface area contributed by atoms with Crippen molar-refractivity contribution in [2.24, 2.45) is 0 Å². The Kier molecular flexibility index (Phi) is 5.87. The van der Waals surface area contributed by atoms with Crippen LogP contribution >= 0.6 is 0 Å². The maximum atomic E-state index is 6.08. The van der Waals surface area contributed by atoms with Gasteiger partial charge in [-0.15, -0.1) is 47.5 Å². The minimum atomic E-state index is 0. The summed E-state index contributed by atoms with van der Waals surface area (Å²) < 4.78 is 17.8. The monoisotopic (exact) mass is 699 g/mol. The average Bonchev–Trinajstić information content (AvgIpc) is 3.55. The molecule has 0 aliphatic heterocycles. The zero-order chi connectivity index (χ0) is 25.8. The summed E-state index contributed by atoms with van der Waals surface area (Å²) in [7, 11) is 0. The molecule has 0 bridgehead atoms. The van der Waals surface area contributed by atoms with Gasteiger partial charge in [0, 0.05) is 23.2 Å². The Morgan fingerprint density at radius 1 is 0.575 bits per heavy atom. The number of aromatic nitrogens is 4. The van der Waals surface area contributed by atoms with Gasteiger partial charge in [-0.3, -0.25) is 19.9 Å². The number of benzene rings is 2. The summed E-state index contributed by atoms with van der Waals surface area (Å²) in [5.74, 6) is 0.860. The molecule has 0 N–H and O–H groups in total. The van der Waals surface area contributed by atoms with Crippen molar-refractivity contribution in [2.75, 3.05) is 0 Å². The number of hydrogen-bond acceptors (Lipinski definition) is 7. The molecule has 0 saturated heterocycles. The standard InChI is InChI=1S/C32H16N4O3.Pt/c1-3-25(19-7-9-27-23(15-19)21-11-13-33-17-29(21)37-27)35-31(5-1)39-32-6-2-4-26(36-32)20-8-10-28-24(16-20)22-12-14-34-18-30(22)38-28;/h1-6,9-18H;/q-2;+2. The molecule has 0 radical (unpaired) electrons. The Hall–Kier alpha value is -4.87. The molecule has 6 aromatic heterocycles. The van der Waals surface area contributed by atoms with Crippen molar-refractivity contribution in [3.05, 3.63) is 110 Å². The van der Waals surface area contributed by atoms with Crippen LogP contribution in [0.25, 0.3) is 66.4 Å². The molecule has 8 aromatic rings. The van der Waals surface area contributed by atoms with Crippen molar-refractivity contribution in [2.45, 2.75) is 0 Å². The molecule has 0 saturated carbocycles. The molecule has 8 heteroatoms. The normalized spacial score (nSPS) is 11.3. The van der Waals surface area contributed by atoms with Gasteiger partial charge < -0.3 is 13.6 Å². The van der Waals surface area contributed by atoms with E-state index in [2.05, 4.69) is 22.1 Å². The number of rotatable bonds is 4. The van der Waals surface area contributed by atoms with Crippen molar-refractivity contribution in [1.29, 1.82) is 0 Å². The molecule has 192 valence electrons. The summed E-state index contributed by atoms with van der Waals surface area (Å²) in [5, 5.41) is 3.97. The van der Waals surface area contributed by atoms with Crippen LogP contribution < -0.4 is 4.74 Å². The summed E-state index contributed by atoms with van der Waals surface area (Å²) in [5.41, 5.74) is 6.12. The molecule has 0 fully saturated rings. The predicted molar refractivity (Wildman–Crippen MR) is 147 cm³/mol. The molecule has 0 unspecified atom stereocenters. The van der Waals surface area contributed by atoms with Crippen molar-refractivity contribution in [1.82, 2.24) is 19.9 Å². The second kappa shape index (κ2) is 9.70. The largest absolute Gasteiger partial charge is 2.00 e. The van der Waals surface area contributed by atoms with Gasteiger partial charge in [-0.2, -0.15) is 0 Å². The van der Waals surface area contributed by atoms with Crippen LogP contribution in [0.2, 0.25) is 0 Å². The minimum absolute atomic E-state index is 0. The number of nitrogens with zero attached hydrogens (tertiary/aromatic N) is 4. The molecule has 0 amide bonds. The second-order valence-electron chi connectivity index (χ2n) is 9.02. The van der Waals surface area contributed by atoms with Gasteiger partial charge in [0.2, 0.25) is 11.8 Å². The zero-order valence-corrected chi connectivity index (χ0v) is 22.8. The molecule has 7 nitrogen and oxygen atoms in total. The van der Waals surface area contributed by atoms with E-state index in [1.165, 1.54) is 0 Å². The van der Waals surface area contributed by atoms with Crippen LogP contribution in [-0.2, 0) is 21.1 Å². The predicted octanol–water partition coefficient (Wildman–Crippen LogP) is 7.79. The molecule has 0 spiro atoms. The Balaban J connectivity index is 0.00000264. The summed E-state index contributed by atoms with van der Waals surface area (Å²) in [6.45, 7) is 0. The van der Waals surface area contributed by atoms with Gasteiger partial charge in [0.15, 0.2) is 0 Å². The molecule has 0 aliphatic rings. The molecule has 8 rings (SSSR count). The van der Waals surface area contributed by atoms with Gasteiger partial charge in [-0.25, -0.2) is 0 Å². The van der Waals surface area contributed by atoms with E-state index in [9.17, 15) is 0 Å². The van der Waals surface area contributed by atoms with Gasteiger partial charge in [-0.05, 0) is 35.7 Å². The van der Waals surface area contributed by atoms with E-state index in [0.29, 0.717) is 11.8 Å². The first-order valence-corrected chi connectivity index (χ1v) is 12.3. The minimum Gasteiger partial charge on any atom is -0.499 e. The maximum absolute atomic E-state index is 6.08. The molecular weight excluding hydrogens is 683 g/mol. The Morgan fingerprint density at radius 2 is 1.07 bits per heavy atom. The van der Waals surface area contributed by atoms with E-state index in [1.807, 2.05) is 60.7 Å². The Morgan fingerprint density at radius 3 is 1.57 bits per heavy atom. The summed E-state index contributed by atoms with van der Waals surface area (Å²) in [4.78, 5) is 17.7. The molecule has 6 heterocycles. The van der Waals surface area contributed by atoms with E-state index in [4.69, 9.17) is 23.5 Å². The van der Waals surface area contributed by atoms with Gasteiger partial charge in [0.1, 0.15) is 11.2 Å². The smallest absolute Gasteiger partial charge is 0.499 e. The van der Waals surface area contributed by atoms with Gasteiger partial charge in [-0.1, -0.05) is 35.0 Å². The third-order valence-corrected chi connectivity index (χ3v) is 6.62. The number of furan rings is 2. The van der Waals surface area contributed by atoms with Crippen LogP contribution in [0.4, 0.5) is 0 Å². The number of pyridine rings is 4. The summed E-state index contributed by atoms with van der Waals surface area (Å²) in [6, 6.07) is 29.4. The third kappa shape index (κ3) is 4.12. The van der Waals surface area contributed by atoms with Crippen LogP contribution in [-0.4, -0.2) is 19.9 Å². The Labute approximate surface area is 241 Å². The first kappa shape index (κ1) is 24.2. The van der Waals surface area contributed by atoms with Crippen LogP contribution in [0.1, 0.15) is 0 Å². The molecule has 40 heavy (non-hydrogen) atoms. The fourth-order valence-electron chi connectivity index (χ4n) is 4.80. The molecular formula is C32H16N4O3Pt. The molecule has 2 aromatic carbocycles. The SMILES string of the molecule is [Pt+2].[c-]1cc2oc3cnccc3c2cc1-c1cccc(Oc2cccc(-c3[c-]cc4oc5cnccc5c4c3)n2)n1. The van der Waals surface area contributed by atoms with Crippen molar-refractivity contribution in [3.8, 4) is 34.3 Å². The number of fused-ring (bicyclic) bond motifs is 6. The van der Waals surface area contributed by atoms with Crippen LogP contribution in [0.3, 0.4) is 0 Å². The topological polar surface area (TPSA) is 87.1 Å². The van der Waals surface area contributed by atoms with Gasteiger partial charge >= 0.3 is 21.1 Å². The zero-order valence-electron chi connectivity index (χ0n) is 20.6. The fourth-order valence-corrected chi connectivity index (χ4v) is 4.80. The Bertz CT molecular complexity index is 2030. The first-order chi connectivity index (χ1) is 19.3. The van der Waals surface area contributed by atoms with Crippen LogP contribution in [0, 0.1) is 12.1 Å². The van der Waals surface area contributed by atoms with Gasteiger partial charge in [0.05, 0.1) is 23.6 Å². The maximum Gasteiger partial charge on any atom is 2.00 e.